The SMILES string of the molecule is CCOc1cc(/C=C2\C(=O)NC(=O)N(c3cc(OC)c(Cl)cc3OC)C2=O)cc(I)c1OC(C)C. The van der Waals surface area contributed by atoms with Crippen molar-refractivity contribution < 1.29 is 33.3 Å². The van der Waals surface area contributed by atoms with E-state index in [4.69, 9.17) is 30.5 Å². The molecule has 0 aromatic heterocycles. The number of halogens is 2. The van der Waals surface area contributed by atoms with Gasteiger partial charge in [-0.2, -0.15) is 0 Å². The largest absolute Gasteiger partial charge is 0.495 e. The third kappa shape index (κ3) is 5.64. The highest BCUT2D eigenvalue weighted by Crippen LogP contribution is 2.40. The van der Waals surface area contributed by atoms with Crippen molar-refractivity contribution >= 4 is 63.8 Å². The highest BCUT2D eigenvalue weighted by molar-refractivity contribution is 14.1. The summed E-state index contributed by atoms with van der Waals surface area (Å²) in [5.74, 6) is -0.249. The fourth-order valence-electron chi connectivity index (χ4n) is 3.35. The summed E-state index contributed by atoms with van der Waals surface area (Å²) in [6.45, 7) is 6.04. The summed E-state index contributed by atoms with van der Waals surface area (Å²) in [7, 11) is 2.77. The minimum atomic E-state index is -0.926. The summed E-state index contributed by atoms with van der Waals surface area (Å²) >= 11 is 8.25. The lowest BCUT2D eigenvalue weighted by Crippen LogP contribution is -2.54. The summed E-state index contributed by atoms with van der Waals surface area (Å²) in [6.07, 6.45) is 1.31. The van der Waals surface area contributed by atoms with Crippen molar-refractivity contribution in [3.05, 3.63) is 44.0 Å². The van der Waals surface area contributed by atoms with E-state index in [0.29, 0.717) is 23.7 Å². The molecule has 0 saturated carbocycles. The van der Waals surface area contributed by atoms with E-state index in [9.17, 15) is 14.4 Å². The van der Waals surface area contributed by atoms with Crippen LogP contribution in [0.1, 0.15) is 26.3 Å². The zero-order valence-electron chi connectivity index (χ0n) is 19.7. The molecule has 1 aliphatic rings. The summed E-state index contributed by atoms with van der Waals surface area (Å²) < 4.78 is 22.9. The van der Waals surface area contributed by atoms with Gasteiger partial charge in [-0.1, -0.05) is 11.6 Å². The van der Waals surface area contributed by atoms with Crippen LogP contribution in [-0.4, -0.2) is 44.8 Å². The van der Waals surface area contributed by atoms with Gasteiger partial charge in [-0.3, -0.25) is 14.9 Å². The molecule has 3 rings (SSSR count). The number of hydrogen-bond donors (Lipinski definition) is 1. The van der Waals surface area contributed by atoms with Crippen molar-refractivity contribution in [2.75, 3.05) is 25.7 Å². The Morgan fingerprint density at radius 2 is 1.74 bits per heavy atom. The van der Waals surface area contributed by atoms with Crippen LogP contribution in [0, 0.1) is 3.57 Å². The minimum absolute atomic E-state index is 0.0694. The minimum Gasteiger partial charge on any atom is -0.495 e. The topological polar surface area (TPSA) is 103 Å². The van der Waals surface area contributed by atoms with Crippen molar-refractivity contribution in [2.24, 2.45) is 0 Å². The predicted octanol–water partition coefficient (Wildman–Crippen LogP) is 4.81. The van der Waals surface area contributed by atoms with E-state index in [1.165, 1.54) is 32.4 Å². The van der Waals surface area contributed by atoms with Gasteiger partial charge in [-0.05, 0) is 67.1 Å². The molecule has 1 heterocycles. The van der Waals surface area contributed by atoms with Gasteiger partial charge in [-0.25, -0.2) is 9.69 Å². The quantitative estimate of drug-likeness (QED) is 0.259. The molecule has 0 aliphatic carbocycles. The Hall–Kier alpha value is -2.99. The van der Waals surface area contributed by atoms with Gasteiger partial charge in [-0.15, -0.1) is 0 Å². The van der Waals surface area contributed by atoms with Crippen molar-refractivity contribution in [3.63, 3.8) is 0 Å². The molecule has 0 spiro atoms. The molecule has 1 fully saturated rings. The fraction of sp³-hybridized carbons (Fsp3) is 0.292. The third-order valence-corrected chi connectivity index (χ3v) is 5.89. The predicted molar refractivity (Wildman–Crippen MR) is 140 cm³/mol. The van der Waals surface area contributed by atoms with Gasteiger partial charge >= 0.3 is 6.03 Å². The molecule has 0 radical (unpaired) electrons. The maximum atomic E-state index is 13.4. The molecule has 2 aromatic carbocycles. The third-order valence-electron chi connectivity index (χ3n) is 4.79. The number of hydrogen-bond acceptors (Lipinski definition) is 7. The summed E-state index contributed by atoms with van der Waals surface area (Å²) in [4.78, 5) is 39.5. The first-order valence-corrected chi connectivity index (χ1v) is 12.0. The van der Waals surface area contributed by atoms with Crippen LogP contribution in [0.4, 0.5) is 10.5 Å². The molecular weight excluding hydrogens is 591 g/mol. The number of benzene rings is 2. The van der Waals surface area contributed by atoms with Gasteiger partial charge in [0, 0.05) is 12.1 Å². The first-order valence-electron chi connectivity index (χ1n) is 10.6. The van der Waals surface area contributed by atoms with Gasteiger partial charge in [0.05, 0.1) is 41.2 Å². The van der Waals surface area contributed by atoms with Gasteiger partial charge in [0.15, 0.2) is 11.5 Å². The molecule has 2 aromatic rings. The smallest absolute Gasteiger partial charge is 0.336 e. The van der Waals surface area contributed by atoms with E-state index in [0.717, 1.165) is 8.47 Å². The first-order chi connectivity index (χ1) is 16.6. The molecule has 35 heavy (non-hydrogen) atoms. The molecular formula is C24H24ClIN2O7. The summed E-state index contributed by atoms with van der Waals surface area (Å²) in [5, 5.41) is 2.42. The van der Waals surface area contributed by atoms with E-state index in [1.54, 1.807) is 12.1 Å². The lowest BCUT2D eigenvalue weighted by atomic mass is 10.1. The highest BCUT2D eigenvalue weighted by atomic mass is 127. The van der Waals surface area contributed by atoms with Crippen molar-refractivity contribution in [1.82, 2.24) is 5.32 Å². The van der Waals surface area contributed by atoms with Crippen LogP contribution in [-0.2, 0) is 9.59 Å². The van der Waals surface area contributed by atoms with Gasteiger partial charge in [0.1, 0.15) is 17.1 Å². The second-order valence-electron chi connectivity index (χ2n) is 7.55. The van der Waals surface area contributed by atoms with Crippen LogP contribution in [0.2, 0.25) is 5.02 Å². The number of urea groups is 1. The molecule has 0 bridgehead atoms. The molecule has 4 amide bonds. The number of imide groups is 2. The van der Waals surface area contributed by atoms with Crippen LogP contribution in [0.3, 0.4) is 0 Å². The lowest BCUT2D eigenvalue weighted by molar-refractivity contribution is -0.122. The molecule has 1 saturated heterocycles. The Kier molecular flexibility index (Phi) is 8.49. The first kappa shape index (κ1) is 26.6. The lowest BCUT2D eigenvalue weighted by Gasteiger charge is -2.28. The summed E-state index contributed by atoms with van der Waals surface area (Å²) in [5.41, 5.74) is 0.332. The Bertz CT molecular complexity index is 1210. The molecule has 9 nitrogen and oxygen atoms in total. The van der Waals surface area contributed by atoms with Gasteiger partial charge < -0.3 is 18.9 Å². The molecule has 186 valence electrons. The van der Waals surface area contributed by atoms with Crippen molar-refractivity contribution in [2.45, 2.75) is 26.9 Å². The molecule has 0 unspecified atom stereocenters. The molecule has 1 aliphatic heterocycles. The molecule has 11 heteroatoms. The number of carbonyl (C=O) groups is 3. The number of methoxy groups -OCH3 is 2. The number of nitrogens with zero attached hydrogens (tertiary/aromatic N) is 1. The summed E-state index contributed by atoms with van der Waals surface area (Å²) in [6, 6.07) is 5.30. The number of nitrogens with one attached hydrogen (secondary N) is 1. The second-order valence-corrected chi connectivity index (χ2v) is 9.12. The number of amides is 4. The van der Waals surface area contributed by atoms with Gasteiger partial charge in [0.25, 0.3) is 11.8 Å². The fourth-order valence-corrected chi connectivity index (χ4v) is 4.33. The number of barbiturate groups is 1. The number of ether oxygens (including phenoxy) is 4. The zero-order chi connectivity index (χ0) is 25.9. The average Bonchev–Trinajstić information content (AvgIpc) is 2.79. The molecule has 0 atom stereocenters. The van der Waals surface area contributed by atoms with Crippen LogP contribution < -0.4 is 29.2 Å². The number of carbonyl (C=O) groups excluding carboxylic acids is 3. The Morgan fingerprint density at radius 3 is 2.34 bits per heavy atom. The van der Waals surface area contributed by atoms with E-state index in [1.807, 2.05) is 20.8 Å². The number of anilines is 1. The zero-order valence-corrected chi connectivity index (χ0v) is 22.6. The number of rotatable bonds is 8. The van der Waals surface area contributed by atoms with Gasteiger partial charge in [0.2, 0.25) is 0 Å². The Balaban J connectivity index is 2.10. The van der Waals surface area contributed by atoms with Crippen molar-refractivity contribution in [1.29, 1.82) is 0 Å². The maximum Gasteiger partial charge on any atom is 0.336 e. The van der Waals surface area contributed by atoms with Crippen LogP contribution >= 0.6 is 34.2 Å². The maximum absolute atomic E-state index is 13.4. The van der Waals surface area contributed by atoms with Crippen LogP contribution in [0.5, 0.6) is 23.0 Å². The monoisotopic (exact) mass is 614 g/mol. The Labute approximate surface area is 221 Å². The highest BCUT2D eigenvalue weighted by Gasteiger charge is 2.38. The van der Waals surface area contributed by atoms with E-state index in [2.05, 4.69) is 27.9 Å². The van der Waals surface area contributed by atoms with E-state index in [-0.39, 0.29) is 33.9 Å². The van der Waals surface area contributed by atoms with Crippen LogP contribution in [0.25, 0.3) is 6.08 Å². The second kappa shape index (κ2) is 11.2. The average molecular weight is 615 g/mol. The van der Waals surface area contributed by atoms with E-state index < -0.39 is 17.8 Å². The standard InChI is InChI=1S/C24H24ClIN2O7/c1-6-34-20-9-13(8-16(26)21(20)35-12(2)3)7-14-22(29)27-24(31)28(23(14)30)17-11-18(32-4)15(25)10-19(17)33-5/h7-12H,6H2,1-5H3,(H,27,29,31)/b14-7+. The molecule has 1 N–H and O–H groups in total. The van der Waals surface area contributed by atoms with E-state index >= 15 is 0 Å². The normalized spacial score (nSPS) is 14.9. The van der Waals surface area contributed by atoms with Crippen LogP contribution in [0.15, 0.2) is 29.8 Å². The van der Waals surface area contributed by atoms with Crippen molar-refractivity contribution in [3.8, 4) is 23.0 Å². The Morgan fingerprint density at radius 1 is 1.06 bits per heavy atom.